The lowest BCUT2D eigenvalue weighted by molar-refractivity contribution is 0.0457. The quantitative estimate of drug-likeness (QED) is 0.691. The molecule has 1 aromatic rings. The summed E-state index contributed by atoms with van der Waals surface area (Å²) in [5.41, 5.74) is 2.37. The number of methoxy groups -OCH3 is 1. The number of hydrogen-bond acceptors (Lipinski definition) is 3. The Bertz CT molecular complexity index is 322. The maximum Gasteiger partial charge on any atom is 0.188 e. The van der Waals surface area contributed by atoms with Gasteiger partial charge in [-0.05, 0) is 18.6 Å². The standard InChI is InChI=1S/C11H14O3/c1-8-11-9(6-13-8)4-3-5-10(11)14-7-12-2/h3-5,8H,6-7H2,1-2H3. The molecule has 14 heavy (non-hydrogen) atoms. The summed E-state index contributed by atoms with van der Waals surface area (Å²) >= 11 is 0. The van der Waals surface area contributed by atoms with Gasteiger partial charge in [-0.2, -0.15) is 0 Å². The number of ether oxygens (including phenoxy) is 3. The van der Waals surface area contributed by atoms with Gasteiger partial charge in [-0.3, -0.25) is 0 Å². The number of benzene rings is 1. The average Bonchev–Trinajstić information content (AvgIpc) is 2.58. The van der Waals surface area contributed by atoms with Crippen molar-refractivity contribution in [3.63, 3.8) is 0 Å². The molecule has 1 unspecified atom stereocenters. The number of fused-ring (bicyclic) bond motifs is 1. The molecule has 0 saturated carbocycles. The topological polar surface area (TPSA) is 27.7 Å². The van der Waals surface area contributed by atoms with Crippen LogP contribution in [0.25, 0.3) is 0 Å². The molecule has 0 aromatic heterocycles. The Morgan fingerprint density at radius 1 is 1.50 bits per heavy atom. The summed E-state index contributed by atoms with van der Waals surface area (Å²) in [7, 11) is 1.61. The third-order valence-corrected chi connectivity index (χ3v) is 2.38. The van der Waals surface area contributed by atoms with Gasteiger partial charge >= 0.3 is 0 Å². The van der Waals surface area contributed by atoms with Gasteiger partial charge in [0.25, 0.3) is 0 Å². The summed E-state index contributed by atoms with van der Waals surface area (Å²) in [6, 6.07) is 5.99. The van der Waals surface area contributed by atoms with Crippen molar-refractivity contribution in [2.45, 2.75) is 19.6 Å². The van der Waals surface area contributed by atoms with Crippen molar-refractivity contribution in [3.8, 4) is 5.75 Å². The van der Waals surface area contributed by atoms with Gasteiger partial charge in [0.2, 0.25) is 0 Å². The fourth-order valence-corrected chi connectivity index (χ4v) is 1.72. The minimum atomic E-state index is 0.123. The van der Waals surface area contributed by atoms with E-state index in [1.165, 1.54) is 5.56 Å². The molecule has 3 heteroatoms. The Balaban J connectivity index is 2.27. The maximum absolute atomic E-state index is 5.52. The molecule has 0 saturated heterocycles. The van der Waals surface area contributed by atoms with E-state index >= 15 is 0 Å². The Hall–Kier alpha value is -1.06. The molecule has 0 bridgehead atoms. The van der Waals surface area contributed by atoms with Crippen LogP contribution in [0.4, 0.5) is 0 Å². The summed E-state index contributed by atoms with van der Waals surface area (Å²) in [4.78, 5) is 0. The highest BCUT2D eigenvalue weighted by atomic mass is 16.7. The van der Waals surface area contributed by atoms with Crippen LogP contribution in [0.5, 0.6) is 5.75 Å². The van der Waals surface area contributed by atoms with Gasteiger partial charge in [-0.25, -0.2) is 0 Å². The van der Waals surface area contributed by atoms with E-state index in [2.05, 4.69) is 6.07 Å². The fraction of sp³-hybridized carbons (Fsp3) is 0.455. The third kappa shape index (κ3) is 1.61. The molecule has 1 heterocycles. The van der Waals surface area contributed by atoms with Crippen LogP contribution in [0.1, 0.15) is 24.2 Å². The molecule has 0 aliphatic carbocycles. The number of hydrogen-bond donors (Lipinski definition) is 0. The van der Waals surface area contributed by atoms with Gasteiger partial charge in [-0.15, -0.1) is 0 Å². The van der Waals surface area contributed by atoms with Crippen LogP contribution in [0.15, 0.2) is 18.2 Å². The highest BCUT2D eigenvalue weighted by Crippen LogP contribution is 2.36. The summed E-state index contributed by atoms with van der Waals surface area (Å²) in [6.07, 6.45) is 0.123. The lowest BCUT2D eigenvalue weighted by Gasteiger charge is -2.11. The second kappa shape index (κ2) is 3.98. The summed E-state index contributed by atoms with van der Waals surface area (Å²) in [5.74, 6) is 0.870. The molecule has 1 aliphatic rings. The van der Waals surface area contributed by atoms with Gasteiger partial charge < -0.3 is 14.2 Å². The van der Waals surface area contributed by atoms with Crippen molar-refractivity contribution in [2.75, 3.05) is 13.9 Å². The predicted octanol–water partition coefficient (Wildman–Crippen LogP) is 2.26. The molecule has 0 spiro atoms. The van der Waals surface area contributed by atoms with E-state index in [1.54, 1.807) is 7.11 Å². The average molecular weight is 194 g/mol. The zero-order valence-corrected chi connectivity index (χ0v) is 8.45. The first-order chi connectivity index (χ1) is 6.83. The minimum Gasteiger partial charge on any atom is -0.467 e. The smallest absolute Gasteiger partial charge is 0.188 e. The van der Waals surface area contributed by atoms with E-state index in [0.29, 0.717) is 6.61 Å². The van der Waals surface area contributed by atoms with Crippen molar-refractivity contribution in [1.29, 1.82) is 0 Å². The Morgan fingerprint density at radius 2 is 2.36 bits per heavy atom. The Kier molecular flexibility index (Phi) is 2.70. The highest BCUT2D eigenvalue weighted by molar-refractivity contribution is 5.43. The molecule has 1 aliphatic heterocycles. The maximum atomic E-state index is 5.52. The van der Waals surface area contributed by atoms with Crippen molar-refractivity contribution in [2.24, 2.45) is 0 Å². The van der Waals surface area contributed by atoms with Crippen LogP contribution in [-0.4, -0.2) is 13.9 Å². The largest absolute Gasteiger partial charge is 0.467 e. The van der Waals surface area contributed by atoms with Crippen LogP contribution < -0.4 is 4.74 Å². The molecule has 3 nitrogen and oxygen atoms in total. The van der Waals surface area contributed by atoms with Crippen molar-refractivity contribution < 1.29 is 14.2 Å². The first kappa shape index (κ1) is 9.49. The van der Waals surface area contributed by atoms with E-state index < -0.39 is 0 Å². The minimum absolute atomic E-state index is 0.123. The van der Waals surface area contributed by atoms with Crippen LogP contribution in [0, 0.1) is 0 Å². The van der Waals surface area contributed by atoms with E-state index in [9.17, 15) is 0 Å². The molecular weight excluding hydrogens is 180 g/mol. The first-order valence-corrected chi connectivity index (χ1v) is 4.68. The second-order valence-corrected chi connectivity index (χ2v) is 3.33. The fourth-order valence-electron chi connectivity index (χ4n) is 1.72. The van der Waals surface area contributed by atoms with Gasteiger partial charge in [0.1, 0.15) is 5.75 Å². The summed E-state index contributed by atoms with van der Waals surface area (Å²) in [5, 5.41) is 0. The van der Waals surface area contributed by atoms with Crippen molar-refractivity contribution in [1.82, 2.24) is 0 Å². The zero-order valence-electron chi connectivity index (χ0n) is 8.45. The SMILES string of the molecule is COCOc1cccc2c1C(C)OC2. The molecule has 76 valence electrons. The van der Waals surface area contributed by atoms with E-state index in [4.69, 9.17) is 14.2 Å². The predicted molar refractivity (Wildman–Crippen MR) is 52.2 cm³/mol. The molecule has 0 radical (unpaired) electrons. The molecule has 0 amide bonds. The van der Waals surface area contributed by atoms with E-state index in [1.807, 2.05) is 19.1 Å². The Labute approximate surface area is 83.6 Å². The van der Waals surface area contributed by atoms with Crippen molar-refractivity contribution in [3.05, 3.63) is 29.3 Å². The summed E-state index contributed by atoms with van der Waals surface area (Å²) in [6.45, 7) is 3.00. The Morgan fingerprint density at radius 3 is 3.14 bits per heavy atom. The molecular formula is C11H14O3. The van der Waals surface area contributed by atoms with E-state index in [0.717, 1.165) is 11.3 Å². The van der Waals surface area contributed by atoms with Gasteiger partial charge in [-0.1, -0.05) is 12.1 Å². The summed E-state index contributed by atoms with van der Waals surface area (Å²) < 4.78 is 15.9. The monoisotopic (exact) mass is 194 g/mol. The third-order valence-electron chi connectivity index (χ3n) is 2.38. The molecule has 2 rings (SSSR count). The first-order valence-electron chi connectivity index (χ1n) is 4.68. The van der Waals surface area contributed by atoms with Gasteiger partial charge in [0.15, 0.2) is 6.79 Å². The molecule has 1 aromatic carbocycles. The van der Waals surface area contributed by atoms with Crippen molar-refractivity contribution >= 4 is 0 Å². The van der Waals surface area contributed by atoms with Crippen LogP contribution >= 0.6 is 0 Å². The lowest BCUT2D eigenvalue weighted by atomic mass is 10.1. The second-order valence-electron chi connectivity index (χ2n) is 3.33. The lowest BCUT2D eigenvalue weighted by Crippen LogP contribution is -2.02. The van der Waals surface area contributed by atoms with Crippen LogP contribution in [-0.2, 0) is 16.1 Å². The highest BCUT2D eigenvalue weighted by Gasteiger charge is 2.22. The normalized spacial score (nSPS) is 19.4. The van der Waals surface area contributed by atoms with Crippen LogP contribution in [0.3, 0.4) is 0 Å². The molecule has 1 atom stereocenters. The zero-order chi connectivity index (χ0) is 9.97. The number of rotatable bonds is 3. The van der Waals surface area contributed by atoms with Gasteiger partial charge in [0.05, 0.1) is 12.7 Å². The van der Waals surface area contributed by atoms with E-state index in [-0.39, 0.29) is 12.9 Å². The molecule has 0 fully saturated rings. The van der Waals surface area contributed by atoms with Gasteiger partial charge in [0, 0.05) is 12.7 Å². The van der Waals surface area contributed by atoms with Crippen LogP contribution in [0.2, 0.25) is 0 Å². The molecule has 0 N–H and O–H groups in total.